The van der Waals surface area contributed by atoms with Crippen LogP contribution in [0.3, 0.4) is 0 Å². The minimum absolute atomic E-state index is 0.0300. The zero-order valence-electron chi connectivity index (χ0n) is 22.5. The van der Waals surface area contributed by atoms with E-state index in [0.717, 1.165) is 37.3 Å². The Labute approximate surface area is 228 Å². The lowest BCUT2D eigenvalue weighted by atomic mass is 9.99. The molecule has 3 aromatic rings. The van der Waals surface area contributed by atoms with Gasteiger partial charge in [-0.2, -0.15) is 0 Å². The van der Waals surface area contributed by atoms with E-state index in [1.165, 1.54) is 12.1 Å². The number of benzene rings is 3. The molecule has 1 heterocycles. The van der Waals surface area contributed by atoms with E-state index in [4.69, 9.17) is 4.74 Å². The second-order valence-electron chi connectivity index (χ2n) is 10.1. The molecule has 0 aliphatic carbocycles. The third-order valence-corrected chi connectivity index (χ3v) is 6.72. The maximum atomic E-state index is 12.6. The van der Waals surface area contributed by atoms with Gasteiger partial charge >= 0.3 is 5.97 Å². The predicted octanol–water partition coefficient (Wildman–Crippen LogP) is 6.17. The van der Waals surface area contributed by atoms with Crippen molar-refractivity contribution in [1.82, 2.24) is 0 Å². The van der Waals surface area contributed by atoms with E-state index in [1.54, 1.807) is 18.2 Å². The highest BCUT2D eigenvalue weighted by Gasteiger charge is 2.25. The van der Waals surface area contributed by atoms with Crippen LogP contribution >= 0.6 is 0 Å². The van der Waals surface area contributed by atoms with Gasteiger partial charge < -0.3 is 19.9 Å². The van der Waals surface area contributed by atoms with E-state index in [9.17, 15) is 19.7 Å². The summed E-state index contributed by atoms with van der Waals surface area (Å²) in [5, 5.41) is 14.5. The molecule has 1 aliphatic heterocycles. The van der Waals surface area contributed by atoms with Crippen molar-refractivity contribution in [2.75, 3.05) is 34.8 Å². The van der Waals surface area contributed by atoms with Crippen molar-refractivity contribution in [2.45, 2.75) is 39.7 Å². The number of carbonyl (C=O) groups excluding carboxylic acids is 2. The quantitative estimate of drug-likeness (QED) is 0.200. The Morgan fingerprint density at radius 3 is 2.41 bits per heavy atom. The molecular formula is C30H34N4O5. The Balaban J connectivity index is 1.36. The van der Waals surface area contributed by atoms with Crippen LogP contribution in [0.25, 0.3) is 0 Å². The number of amides is 1. The fourth-order valence-electron chi connectivity index (χ4n) is 4.92. The van der Waals surface area contributed by atoms with Crippen LogP contribution in [0.1, 0.15) is 44.0 Å². The first kappa shape index (κ1) is 27.6. The van der Waals surface area contributed by atoms with Crippen molar-refractivity contribution in [3.05, 3.63) is 88.5 Å². The molecule has 1 amide bonds. The summed E-state index contributed by atoms with van der Waals surface area (Å²) in [7, 11) is 0. The Kier molecular flexibility index (Phi) is 8.81. The number of nitrogens with zero attached hydrogens (tertiary/aromatic N) is 3. The van der Waals surface area contributed by atoms with Gasteiger partial charge in [0.25, 0.3) is 11.6 Å². The molecule has 0 bridgehead atoms. The van der Waals surface area contributed by atoms with Gasteiger partial charge in [0.15, 0.2) is 6.61 Å². The molecule has 1 atom stereocenters. The van der Waals surface area contributed by atoms with E-state index in [0.29, 0.717) is 17.3 Å². The summed E-state index contributed by atoms with van der Waals surface area (Å²) >= 11 is 0. The molecule has 1 aliphatic rings. The van der Waals surface area contributed by atoms with Gasteiger partial charge in [-0.15, -0.1) is 0 Å². The van der Waals surface area contributed by atoms with Gasteiger partial charge in [0.2, 0.25) is 0 Å². The first-order chi connectivity index (χ1) is 18.7. The zero-order chi connectivity index (χ0) is 27.9. The number of para-hydroxylation sites is 1. The van der Waals surface area contributed by atoms with Gasteiger partial charge in [-0.05, 0) is 81.1 Å². The highest BCUT2D eigenvalue weighted by molar-refractivity contribution is 5.96. The second kappa shape index (κ2) is 12.4. The third-order valence-electron chi connectivity index (χ3n) is 6.72. The van der Waals surface area contributed by atoms with Crippen LogP contribution in [0, 0.1) is 16.0 Å². The van der Waals surface area contributed by atoms with E-state index < -0.39 is 23.4 Å². The van der Waals surface area contributed by atoms with Crippen LogP contribution in [-0.2, 0) is 9.53 Å². The third kappa shape index (κ3) is 6.93. The number of ether oxygens (including phenoxy) is 1. The number of hydrogen-bond donors (Lipinski definition) is 1. The highest BCUT2D eigenvalue weighted by Crippen LogP contribution is 2.33. The number of nitro groups is 1. The number of carbonyl (C=O) groups is 2. The van der Waals surface area contributed by atoms with Crippen LogP contribution in [0.5, 0.6) is 0 Å². The summed E-state index contributed by atoms with van der Waals surface area (Å²) in [5.74, 6) is -0.860. The first-order valence-corrected chi connectivity index (χ1v) is 13.2. The number of nitro benzene ring substituents is 1. The van der Waals surface area contributed by atoms with Crippen LogP contribution in [0.2, 0.25) is 0 Å². The number of nitrogens with one attached hydrogen (secondary N) is 1. The Morgan fingerprint density at radius 1 is 1.08 bits per heavy atom. The van der Waals surface area contributed by atoms with Gasteiger partial charge in [-0.1, -0.05) is 25.1 Å². The number of esters is 1. The molecule has 1 N–H and O–H groups in total. The van der Waals surface area contributed by atoms with Gasteiger partial charge in [0.1, 0.15) is 5.69 Å². The first-order valence-electron chi connectivity index (χ1n) is 13.2. The minimum Gasteiger partial charge on any atom is -0.452 e. The fourth-order valence-corrected chi connectivity index (χ4v) is 4.92. The van der Waals surface area contributed by atoms with E-state index in [-0.39, 0.29) is 17.3 Å². The largest absolute Gasteiger partial charge is 0.452 e. The van der Waals surface area contributed by atoms with E-state index >= 15 is 0 Å². The van der Waals surface area contributed by atoms with Gasteiger partial charge in [0, 0.05) is 42.3 Å². The summed E-state index contributed by atoms with van der Waals surface area (Å²) in [4.78, 5) is 40.5. The molecule has 204 valence electrons. The van der Waals surface area contributed by atoms with Crippen molar-refractivity contribution in [3.8, 4) is 0 Å². The summed E-state index contributed by atoms with van der Waals surface area (Å²) in [6, 6.07) is 22.0. The van der Waals surface area contributed by atoms with Gasteiger partial charge in [-0.25, -0.2) is 4.79 Å². The fraction of sp³-hybridized carbons (Fsp3) is 0.333. The molecule has 0 radical (unpaired) electrons. The van der Waals surface area contributed by atoms with Crippen LogP contribution in [0.4, 0.5) is 28.4 Å². The molecule has 0 spiro atoms. The molecule has 4 rings (SSSR count). The summed E-state index contributed by atoms with van der Waals surface area (Å²) in [6.07, 6.45) is 2.05. The monoisotopic (exact) mass is 530 g/mol. The average Bonchev–Trinajstić information content (AvgIpc) is 2.93. The van der Waals surface area contributed by atoms with Crippen LogP contribution in [0.15, 0.2) is 72.8 Å². The Bertz CT molecular complexity index is 1310. The van der Waals surface area contributed by atoms with Crippen molar-refractivity contribution in [1.29, 1.82) is 0 Å². The van der Waals surface area contributed by atoms with Crippen LogP contribution in [-0.4, -0.2) is 42.5 Å². The average molecular weight is 531 g/mol. The van der Waals surface area contributed by atoms with Crippen molar-refractivity contribution < 1.29 is 19.2 Å². The standard InChI is InChI=1S/C30H34N4O5/c1-21(2)33(25-9-5-4-6-10-25)26-14-12-24(13-15-26)31-29(35)20-39-30(36)23-11-16-27(28(18-23)34(37)38)32-17-7-8-22(3)19-32/h4-6,9-16,18,21-22H,7-8,17,19-20H2,1-3H3,(H,31,35). The second-order valence-corrected chi connectivity index (χ2v) is 10.1. The van der Waals surface area contributed by atoms with Crippen molar-refractivity contribution in [3.63, 3.8) is 0 Å². The maximum absolute atomic E-state index is 12.6. The highest BCUT2D eigenvalue weighted by atomic mass is 16.6. The molecule has 9 nitrogen and oxygen atoms in total. The van der Waals surface area contributed by atoms with Gasteiger partial charge in [0.05, 0.1) is 10.5 Å². The summed E-state index contributed by atoms with van der Waals surface area (Å²) in [6.45, 7) is 7.28. The summed E-state index contributed by atoms with van der Waals surface area (Å²) in [5.41, 5.74) is 2.98. The molecule has 9 heteroatoms. The molecular weight excluding hydrogens is 496 g/mol. The number of piperidine rings is 1. The Morgan fingerprint density at radius 2 is 1.77 bits per heavy atom. The van der Waals surface area contributed by atoms with Gasteiger partial charge in [-0.3, -0.25) is 14.9 Å². The molecule has 1 fully saturated rings. The summed E-state index contributed by atoms with van der Waals surface area (Å²) < 4.78 is 5.16. The lowest BCUT2D eigenvalue weighted by Gasteiger charge is -2.32. The zero-order valence-corrected chi connectivity index (χ0v) is 22.5. The number of hydrogen-bond acceptors (Lipinski definition) is 7. The maximum Gasteiger partial charge on any atom is 0.338 e. The SMILES string of the molecule is CC1CCCN(c2ccc(C(=O)OCC(=O)Nc3ccc(N(c4ccccc4)C(C)C)cc3)cc2[N+](=O)[O-])C1. The molecule has 0 aromatic heterocycles. The predicted molar refractivity (Wildman–Crippen MR) is 153 cm³/mol. The van der Waals surface area contributed by atoms with Crippen molar-refractivity contribution >= 4 is 40.3 Å². The normalized spacial score (nSPS) is 15.1. The molecule has 1 unspecified atom stereocenters. The Hall–Kier alpha value is -4.40. The molecule has 39 heavy (non-hydrogen) atoms. The smallest absolute Gasteiger partial charge is 0.338 e. The molecule has 0 saturated carbocycles. The lowest BCUT2D eigenvalue weighted by Crippen LogP contribution is -2.34. The minimum atomic E-state index is -0.794. The van der Waals surface area contributed by atoms with E-state index in [2.05, 4.69) is 31.0 Å². The molecule has 3 aromatic carbocycles. The lowest BCUT2D eigenvalue weighted by molar-refractivity contribution is -0.384. The molecule has 1 saturated heterocycles. The van der Waals surface area contributed by atoms with Crippen LogP contribution < -0.4 is 15.1 Å². The topological polar surface area (TPSA) is 105 Å². The van der Waals surface area contributed by atoms with E-state index in [1.807, 2.05) is 47.4 Å². The number of rotatable bonds is 9. The van der Waals surface area contributed by atoms with Crippen molar-refractivity contribution in [2.24, 2.45) is 5.92 Å². The number of anilines is 4.